The van der Waals surface area contributed by atoms with Gasteiger partial charge in [-0.25, -0.2) is 0 Å². The average Bonchev–Trinajstić information content (AvgIpc) is 2.95. The van der Waals surface area contributed by atoms with Crippen LogP contribution < -0.4 is 4.74 Å². The van der Waals surface area contributed by atoms with E-state index in [-0.39, 0.29) is 5.91 Å². The molecule has 1 aromatic rings. The van der Waals surface area contributed by atoms with Gasteiger partial charge in [0.1, 0.15) is 5.75 Å². The number of methoxy groups -OCH3 is 1. The molecule has 0 N–H and O–H groups in total. The van der Waals surface area contributed by atoms with E-state index < -0.39 is 0 Å². The van der Waals surface area contributed by atoms with E-state index >= 15 is 0 Å². The third kappa shape index (κ3) is 1.95. The molecule has 0 radical (unpaired) electrons. The molecule has 0 bridgehead atoms. The summed E-state index contributed by atoms with van der Waals surface area (Å²) in [7, 11) is 1.60. The predicted octanol–water partition coefficient (Wildman–Crippen LogP) is 2.55. The molecule has 4 heteroatoms. The lowest BCUT2D eigenvalue weighted by molar-refractivity contribution is 0.0772. The van der Waals surface area contributed by atoms with E-state index in [4.69, 9.17) is 4.74 Å². The molecule has 2 unspecified atom stereocenters. The fourth-order valence-electron chi connectivity index (χ4n) is 2.58. The number of carbonyl (C=O) groups excluding carboxylic acids is 1. The molecule has 3 rings (SSSR count). The Kier molecular flexibility index (Phi) is 2.62. The van der Waals surface area contributed by atoms with Crippen molar-refractivity contribution in [3.05, 3.63) is 28.2 Å². The van der Waals surface area contributed by atoms with E-state index in [9.17, 15) is 4.79 Å². The SMILES string of the molecule is COc1ccc(Br)cc1C(=O)N1CC2CC2C1. The Labute approximate surface area is 109 Å². The van der Waals surface area contributed by atoms with Gasteiger partial charge in [-0.2, -0.15) is 0 Å². The first-order valence-electron chi connectivity index (χ1n) is 5.82. The number of hydrogen-bond donors (Lipinski definition) is 0. The number of fused-ring (bicyclic) bond motifs is 1. The summed E-state index contributed by atoms with van der Waals surface area (Å²) in [6, 6.07) is 5.55. The quantitative estimate of drug-likeness (QED) is 0.839. The first kappa shape index (κ1) is 11.1. The van der Waals surface area contributed by atoms with Crippen LogP contribution in [0.1, 0.15) is 16.8 Å². The monoisotopic (exact) mass is 295 g/mol. The van der Waals surface area contributed by atoms with Crippen LogP contribution in [0, 0.1) is 11.8 Å². The second-order valence-electron chi connectivity index (χ2n) is 4.81. The van der Waals surface area contributed by atoms with Crippen molar-refractivity contribution in [2.75, 3.05) is 20.2 Å². The molecule has 3 nitrogen and oxygen atoms in total. The molecular formula is C13H14BrNO2. The lowest BCUT2D eigenvalue weighted by Gasteiger charge is -2.19. The molecule has 2 aliphatic rings. The van der Waals surface area contributed by atoms with Crippen molar-refractivity contribution in [1.82, 2.24) is 4.90 Å². The summed E-state index contributed by atoms with van der Waals surface area (Å²) >= 11 is 3.40. The van der Waals surface area contributed by atoms with Gasteiger partial charge in [-0.3, -0.25) is 4.79 Å². The number of ether oxygens (including phenoxy) is 1. The maximum absolute atomic E-state index is 12.4. The van der Waals surface area contributed by atoms with Crippen LogP contribution in [-0.4, -0.2) is 31.0 Å². The third-order valence-electron chi connectivity index (χ3n) is 3.66. The van der Waals surface area contributed by atoms with Gasteiger partial charge in [-0.1, -0.05) is 15.9 Å². The number of rotatable bonds is 2. The minimum absolute atomic E-state index is 0.0929. The lowest BCUT2D eigenvalue weighted by atomic mass is 10.1. The molecular weight excluding hydrogens is 282 g/mol. The van der Waals surface area contributed by atoms with Crippen LogP contribution in [-0.2, 0) is 0 Å². The summed E-state index contributed by atoms with van der Waals surface area (Å²) in [5.41, 5.74) is 0.656. The largest absolute Gasteiger partial charge is 0.496 e. The van der Waals surface area contributed by atoms with Crippen LogP contribution in [0.15, 0.2) is 22.7 Å². The van der Waals surface area contributed by atoms with Gasteiger partial charge in [-0.15, -0.1) is 0 Å². The number of nitrogens with zero attached hydrogens (tertiary/aromatic N) is 1. The normalized spacial score (nSPS) is 25.6. The molecule has 1 saturated heterocycles. The van der Waals surface area contributed by atoms with E-state index in [0.29, 0.717) is 11.3 Å². The highest BCUT2D eigenvalue weighted by Crippen LogP contribution is 2.45. The Balaban J connectivity index is 1.87. The number of amides is 1. The molecule has 1 heterocycles. The standard InChI is InChI=1S/C13H14BrNO2/c1-17-12-3-2-10(14)5-11(12)13(16)15-6-8-4-9(8)7-15/h2-3,5,8-9H,4,6-7H2,1H3. The molecule has 2 atom stereocenters. The Morgan fingerprint density at radius 1 is 1.41 bits per heavy atom. The smallest absolute Gasteiger partial charge is 0.257 e. The molecule has 1 aromatic carbocycles. The zero-order valence-electron chi connectivity index (χ0n) is 9.65. The van der Waals surface area contributed by atoms with E-state index in [1.54, 1.807) is 7.11 Å². The van der Waals surface area contributed by atoms with E-state index in [1.165, 1.54) is 6.42 Å². The van der Waals surface area contributed by atoms with Gasteiger partial charge < -0.3 is 9.64 Å². The molecule has 1 aliphatic carbocycles. The molecule has 2 fully saturated rings. The van der Waals surface area contributed by atoms with E-state index in [1.807, 2.05) is 23.1 Å². The molecule has 1 saturated carbocycles. The minimum atomic E-state index is 0.0929. The maximum atomic E-state index is 12.4. The Bertz CT molecular complexity index is 464. The molecule has 0 spiro atoms. The number of likely N-dealkylation sites (tertiary alicyclic amines) is 1. The predicted molar refractivity (Wildman–Crippen MR) is 68.2 cm³/mol. The molecule has 17 heavy (non-hydrogen) atoms. The van der Waals surface area contributed by atoms with Crippen molar-refractivity contribution in [3.63, 3.8) is 0 Å². The summed E-state index contributed by atoms with van der Waals surface area (Å²) in [5.74, 6) is 2.27. The highest BCUT2D eigenvalue weighted by molar-refractivity contribution is 9.10. The fraction of sp³-hybridized carbons (Fsp3) is 0.462. The zero-order chi connectivity index (χ0) is 12.0. The molecule has 1 amide bonds. The fourth-order valence-corrected chi connectivity index (χ4v) is 2.94. The second-order valence-corrected chi connectivity index (χ2v) is 5.73. The Morgan fingerprint density at radius 2 is 2.12 bits per heavy atom. The number of halogens is 1. The highest BCUT2D eigenvalue weighted by Gasteiger charge is 2.46. The van der Waals surface area contributed by atoms with Crippen molar-refractivity contribution >= 4 is 21.8 Å². The van der Waals surface area contributed by atoms with E-state index in [0.717, 1.165) is 29.4 Å². The summed E-state index contributed by atoms with van der Waals surface area (Å²) in [6.45, 7) is 1.83. The van der Waals surface area contributed by atoms with Gasteiger partial charge in [0.05, 0.1) is 12.7 Å². The van der Waals surface area contributed by atoms with Gasteiger partial charge in [0.15, 0.2) is 0 Å². The van der Waals surface area contributed by atoms with Crippen molar-refractivity contribution in [2.24, 2.45) is 11.8 Å². The van der Waals surface area contributed by atoms with Gasteiger partial charge >= 0.3 is 0 Å². The first-order chi connectivity index (χ1) is 8.19. The van der Waals surface area contributed by atoms with Crippen molar-refractivity contribution in [1.29, 1.82) is 0 Å². The number of carbonyl (C=O) groups is 1. The topological polar surface area (TPSA) is 29.5 Å². The van der Waals surface area contributed by atoms with Crippen LogP contribution in [0.25, 0.3) is 0 Å². The third-order valence-corrected chi connectivity index (χ3v) is 4.15. The van der Waals surface area contributed by atoms with Gasteiger partial charge in [-0.05, 0) is 36.5 Å². The van der Waals surface area contributed by atoms with Crippen LogP contribution in [0.2, 0.25) is 0 Å². The Morgan fingerprint density at radius 3 is 2.76 bits per heavy atom. The molecule has 90 valence electrons. The summed E-state index contributed by atoms with van der Waals surface area (Å²) < 4.78 is 6.16. The zero-order valence-corrected chi connectivity index (χ0v) is 11.2. The van der Waals surface area contributed by atoms with Crippen LogP contribution in [0.4, 0.5) is 0 Å². The maximum Gasteiger partial charge on any atom is 0.257 e. The highest BCUT2D eigenvalue weighted by atomic mass is 79.9. The van der Waals surface area contributed by atoms with Crippen LogP contribution >= 0.6 is 15.9 Å². The van der Waals surface area contributed by atoms with Gasteiger partial charge in [0.25, 0.3) is 5.91 Å². The minimum Gasteiger partial charge on any atom is -0.496 e. The van der Waals surface area contributed by atoms with E-state index in [2.05, 4.69) is 15.9 Å². The molecule has 1 aliphatic heterocycles. The first-order valence-corrected chi connectivity index (χ1v) is 6.61. The number of piperidine rings is 1. The van der Waals surface area contributed by atoms with Gasteiger partial charge in [0, 0.05) is 17.6 Å². The van der Waals surface area contributed by atoms with Crippen molar-refractivity contribution < 1.29 is 9.53 Å². The van der Waals surface area contributed by atoms with Gasteiger partial charge in [0.2, 0.25) is 0 Å². The van der Waals surface area contributed by atoms with Crippen molar-refractivity contribution in [2.45, 2.75) is 6.42 Å². The van der Waals surface area contributed by atoms with Crippen LogP contribution in [0.5, 0.6) is 5.75 Å². The number of hydrogen-bond acceptors (Lipinski definition) is 2. The number of benzene rings is 1. The summed E-state index contributed by atoms with van der Waals surface area (Å²) in [4.78, 5) is 14.3. The van der Waals surface area contributed by atoms with Crippen molar-refractivity contribution in [3.8, 4) is 5.75 Å². The lowest BCUT2D eigenvalue weighted by Crippen LogP contribution is -2.30. The Hall–Kier alpha value is -1.03. The second kappa shape index (κ2) is 4.02. The summed E-state index contributed by atoms with van der Waals surface area (Å²) in [5, 5.41) is 0. The van der Waals surface area contributed by atoms with Crippen LogP contribution in [0.3, 0.4) is 0 Å². The summed E-state index contributed by atoms with van der Waals surface area (Å²) in [6.07, 6.45) is 1.30. The molecule has 0 aromatic heterocycles. The average molecular weight is 296 g/mol.